The highest BCUT2D eigenvalue weighted by molar-refractivity contribution is 8.00. The number of nitrogens with zero attached hydrogens (tertiary/aromatic N) is 3. The first-order valence-corrected chi connectivity index (χ1v) is 10.3. The van der Waals surface area contributed by atoms with Crippen molar-refractivity contribution in [3.05, 3.63) is 71.5 Å². The maximum Gasteiger partial charge on any atom is 0.240 e. The van der Waals surface area contributed by atoms with Crippen LogP contribution in [0.1, 0.15) is 36.3 Å². The van der Waals surface area contributed by atoms with E-state index in [1.807, 2.05) is 66.2 Å². The molecule has 0 unspecified atom stereocenters. The minimum absolute atomic E-state index is 0.0491. The zero-order chi connectivity index (χ0) is 19.5. The van der Waals surface area contributed by atoms with Crippen molar-refractivity contribution < 1.29 is 4.79 Å². The van der Waals surface area contributed by atoms with Gasteiger partial charge >= 0.3 is 0 Å². The fourth-order valence-electron chi connectivity index (χ4n) is 3.31. The van der Waals surface area contributed by atoms with Gasteiger partial charge < -0.3 is 10.7 Å². The van der Waals surface area contributed by atoms with Gasteiger partial charge in [0.1, 0.15) is 5.25 Å². The van der Waals surface area contributed by atoms with Crippen LogP contribution in [-0.2, 0) is 11.2 Å². The molecule has 4 rings (SSSR count). The lowest BCUT2D eigenvalue weighted by atomic mass is 10.0. The van der Waals surface area contributed by atoms with Gasteiger partial charge in [-0.15, -0.1) is 10.2 Å². The quantitative estimate of drug-likeness (QED) is 0.687. The Kier molecular flexibility index (Phi) is 5.34. The van der Waals surface area contributed by atoms with E-state index in [-0.39, 0.29) is 17.2 Å². The largest absolute Gasteiger partial charge is 0.325 e. The van der Waals surface area contributed by atoms with Crippen molar-refractivity contribution in [2.45, 2.75) is 43.1 Å². The Morgan fingerprint density at radius 2 is 1.89 bits per heavy atom. The van der Waals surface area contributed by atoms with Gasteiger partial charge in [0.15, 0.2) is 5.82 Å². The lowest BCUT2D eigenvalue weighted by Gasteiger charge is -2.33. The predicted molar refractivity (Wildman–Crippen MR) is 112 cm³/mol. The van der Waals surface area contributed by atoms with Crippen molar-refractivity contribution in [1.82, 2.24) is 14.9 Å². The number of carbonyl (C=O) groups is 1. The van der Waals surface area contributed by atoms with Gasteiger partial charge in [0.2, 0.25) is 11.1 Å². The number of thioether (sulfide) groups is 1. The van der Waals surface area contributed by atoms with E-state index in [2.05, 4.69) is 27.9 Å². The van der Waals surface area contributed by atoms with Gasteiger partial charge in [-0.05, 0) is 30.5 Å². The first kappa shape index (κ1) is 18.6. The molecule has 2 aromatic carbocycles. The molecule has 2 heterocycles. The number of rotatable bonds is 5. The number of fused-ring (bicyclic) bond motifs is 1. The number of para-hydroxylation sites is 1. The molecular weight excluding hydrogens is 370 g/mol. The summed E-state index contributed by atoms with van der Waals surface area (Å²) in [5.41, 5.74) is 6.41. The summed E-state index contributed by atoms with van der Waals surface area (Å²) in [6, 6.07) is 17.7. The number of aromatic nitrogens is 3. The molecule has 0 saturated heterocycles. The van der Waals surface area contributed by atoms with E-state index in [1.54, 1.807) is 0 Å². The summed E-state index contributed by atoms with van der Waals surface area (Å²) in [7, 11) is 0. The molecule has 28 heavy (non-hydrogen) atoms. The second-order valence-electron chi connectivity index (χ2n) is 6.84. The van der Waals surface area contributed by atoms with Gasteiger partial charge in [-0.2, -0.15) is 0 Å². The summed E-state index contributed by atoms with van der Waals surface area (Å²) < 4.78 is 1.93. The highest BCUT2D eigenvalue weighted by Gasteiger charge is 2.37. The molecule has 1 aromatic heterocycles. The third-order valence-electron chi connectivity index (χ3n) is 4.80. The van der Waals surface area contributed by atoms with Crippen molar-refractivity contribution in [2.24, 2.45) is 0 Å². The molecule has 0 fully saturated rings. The monoisotopic (exact) mass is 393 g/mol. The number of aryl methyl sites for hydroxylation is 2. The molecule has 0 spiro atoms. The van der Waals surface area contributed by atoms with E-state index in [4.69, 9.17) is 0 Å². The van der Waals surface area contributed by atoms with Crippen LogP contribution in [0.2, 0.25) is 0 Å². The van der Waals surface area contributed by atoms with Gasteiger partial charge in [0.05, 0.1) is 6.04 Å². The fourth-order valence-corrected chi connectivity index (χ4v) is 4.41. The molecule has 1 aliphatic rings. The first-order valence-electron chi connectivity index (χ1n) is 9.46. The highest BCUT2D eigenvalue weighted by Crippen LogP contribution is 2.37. The third-order valence-corrected chi connectivity index (χ3v) is 6.01. The summed E-state index contributed by atoms with van der Waals surface area (Å²) in [5, 5.41) is 12.0. The van der Waals surface area contributed by atoms with Crippen molar-refractivity contribution in [1.29, 1.82) is 0 Å². The molecule has 0 radical (unpaired) electrons. The second kappa shape index (κ2) is 8.06. The van der Waals surface area contributed by atoms with E-state index in [0.717, 1.165) is 40.6 Å². The molecule has 0 saturated carbocycles. The molecule has 6 nitrogen and oxygen atoms in total. The second-order valence-corrected chi connectivity index (χ2v) is 7.95. The molecule has 3 aromatic rings. The van der Waals surface area contributed by atoms with Gasteiger partial charge in [-0.1, -0.05) is 67.2 Å². The number of amides is 1. The summed E-state index contributed by atoms with van der Waals surface area (Å²) in [4.78, 5) is 13.2. The number of hydrogen-bond donors (Lipinski definition) is 2. The van der Waals surface area contributed by atoms with Crippen LogP contribution in [0.4, 0.5) is 5.69 Å². The standard InChI is InChI=1S/C21H23N5OS/c1-3-9-17-23-24-21-26(17)25-18(15-11-5-4-6-12-15)19(28-21)20(27)22-16-13-8-7-10-14(16)2/h4-8,10-13,18-19,25H,3,9H2,1-2H3,(H,22,27)/t18-,19+/m0/s1. The van der Waals surface area contributed by atoms with E-state index >= 15 is 0 Å². The van der Waals surface area contributed by atoms with Gasteiger partial charge in [0.25, 0.3) is 0 Å². The number of carbonyl (C=O) groups excluding carboxylic acids is 1. The first-order chi connectivity index (χ1) is 13.7. The Morgan fingerprint density at radius 3 is 2.64 bits per heavy atom. The van der Waals surface area contributed by atoms with Crippen LogP contribution >= 0.6 is 11.8 Å². The zero-order valence-corrected chi connectivity index (χ0v) is 16.7. The fraction of sp³-hybridized carbons (Fsp3) is 0.286. The van der Waals surface area contributed by atoms with Crippen LogP contribution in [0.15, 0.2) is 59.8 Å². The minimum atomic E-state index is -0.367. The average Bonchev–Trinajstić information content (AvgIpc) is 3.11. The van der Waals surface area contributed by atoms with E-state index in [9.17, 15) is 4.79 Å². The van der Waals surface area contributed by atoms with Crippen LogP contribution in [0, 0.1) is 6.92 Å². The molecule has 0 aliphatic carbocycles. The Labute approximate surface area is 168 Å². The van der Waals surface area contributed by atoms with Crippen LogP contribution in [-0.4, -0.2) is 26.0 Å². The average molecular weight is 394 g/mol. The molecule has 7 heteroatoms. The number of benzene rings is 2. The molecule has 0 bridgehead atoms. The maximum absolute atomic E-state index is 13.2. The van der Waals surface area contributed by atoms with Gasteiger partial charge in [-0.25, -0.2) is 4.68 Å². The summed E-state index contributed by atoms with van der Waals surface area (Å²) >= 11 is 1.45. The summed E-state index contributed by atoms with van der Waals surface area (Å²) in [6.07, 6.45) is 1.82. The molecule has 1 aliphatic heterocycles. The molecular formula is C21H23N5OS. The Bertz CT molecular complexity index is 972. The van der Waals surface area contributed by atoms with Crippen LogP contribution < -0.4 is 10.7 Å². The topological polar surface area (TPSA) is 71.8 Å². The smallest absolute Gasteiger partial charge is 0.240 e. The van der Waals surface area contributed by atoms with Crippen LogP contribution in [0.5, 0.6) is 0 Å². The van der Waals surface area contributed by atoms with Crippen molar-refractivity contribution >= 4 is 23.4 Å². The van der Waals surface area contributed by atoms with Crippen molar-refractivity contribution in [3.8, 4) is 0 Å². The minimum Gasteiger partial charge on any atom is -0.325 e. The SMILES string of the molecule is CCCc1nnc2n1N[C@@H](c1ccccc1)[C@H](C(=O)Nc1ccccc1C)S2. The van der Waals surface area contributed by atoms with Gasteiger partial charge in [-0.3, -0.25) is 4.79 Å². The molecule has 1 amide bonds. The predicted octanol–water partition coefficient (Wildman–Crippen LogP) is 3.94. The van der Waals surface area contributed by atoms with E-state index in [0.29, 0.717) is 0 Å². The Hall–Kier alpha value is -2.80. The van der Waals surface area contributed by atoms with Gasteiger partial charge in [0, 0.05) is 12.1 Å². The van der Waals surface area contributed by atoms with Crippen LogP contribution in [0.25, 0.3) is 0 Å². The zero-order valence-electron chi connectivity index (χ0n) is 15.9. The highest BCUT2D eigenvalue weighted by atomic mass is 32.2. The molecule has 2 N–H and O–H groups in total. The van der Waals surface area contributed by atoms with E-state index in [1.165, 1.54) is 11.8 Å². The van der Waals surface area contributed by atoms with Crippen molar-refractivity contribution in [2.75, 3.05) is 10.7 Å². The van der Waals surface area contributed by atoms with Crippen molar-refractivity contribution in [3.63, 3.8) is 0 Å². The Morgan fingerprint density at radius 1 is 1.14 bits per heavy atom. The normalized spacial score (nSPS) is 18.2. The number of hydrogen-bond acceptors (Lipinski definition) is 5. The molecule has 2 atom stereocenters. The van der Waals surface area contributed by atoms with Crippen LogP contribution in [0.3, 0.4) is 0 Å². The lowest BCUT2D eigenvalue weighted by Crippen LogP contribution is -2.41. The lowest BCUT2D eigenvalue weighted by molar-refractivity contribution is -0.116. The summed E-state index contributed by atoms with van der Waals surface area (Å²) in [5.74, 6) is 0.843. The number of anilines is 1. The third kappa shape index (κ3) is 3.62. The maximum atomic E-state index is 13.2. The summed E-state index contributed by atoms with van der Waals surface area (Å²) in [6.45, 7) is 4.11. The van der Waals surface area contributed by atoms with E-state index < -0.39 is 0 Å². The molecule has 144 valence electrons. The Balaban J connectivity index is 1.67. The number of nitrogens with one attached hydrogen (secondary N) is 2.